The number of aromatic nitrogens is 1. The first-order valence-electron chi connectivity index (χ1n) is 7.31. The van der Waals surface area contributed by atoms with Gasteiger partial charge in [-0.25, -0.2) is 0 Å². The molecule has 0 N–H and O–H groups in total. The third-order valence-corrected chi connectivity index (χ3v) is 3.36. The van der Waals surface area contributed by atoms with Gasteiger partial charge in [-0.05, 0) is 37.1 Å². The summed E-state index contributed by atoms with van der Waals surface area (Å²) in [5.41, 5.74) is 3.84. The van der Waals surface area contributed by atoms with E-state index in [0.29, 0.717) is 6.42 Å². The molecule has 0 aliphatic heterocycles. The molecule has 0 aliphatic rings. The molecule has 0 saturated heterocycles. The molecule has 21 heavy (non-hydrogen) atoms. The van der Waals surface area contributed by atoms with Crippen molar-refractivity contribution >= 4 is 0 Å². The highest BCUT2D eigenvalue weighted by atomic mass is 16.5. The van der Waals surface area contributed by atoms with Gasteiger partial charge in [0.25, 0.3) is 0 Å². The average molecular weight is 280 g/mol. The fourth-order valence-corrected chi connectivity index (χ4v) is 2.10. The molecule has 3 nitrogen and oxygen atoms in total. The Labute approximate surface area is 126 Å². The Balaban J connectivity index is 2.20. The number of nitrogens with zero attached hydrogens (tertiary/aromatic N) is 2. The summed E-state index contributed by atoms with van der Waals surface area (Å²) in [6.07, 6.45) is 2.59. The highest BCUT2D eigenvalue weighted by Crippen LogP contribution is 2.23. The summed E-state index contributed by atoms with van der Waals surface area (Å²) >= 11 is 0. The molecule has 0 atom stereocenters. The maximum atomic E-state index is 8.78. The maximum Gasteiger partial charge on any atom is 0.119 e. The zero-order chi connectivity index (χ0) is 15.1. The fourth-order valence-electron chi connectivity index (χ4n) is 2.10. The van der Waals surface area contributed by atoms with Gasteiger partial charge in [0.15, 0.2) is 0 Å². The van der Waals surface area contributed by atoms with Crippen molar-refractivity contribution in [3.8, 4) is 23.1 Å². The van der Waals surface area contributed by atoms with Crippen LogP contribution < -0.4 is 4.74 Å². The van der Waals surface area contributed by atoms with E-state index in [9.17, 15) is 0 Å². The molecule has 0 unspecified atom stereocenters. The smallest absolute Gasteiger partial charge is 0.119 e. The molecule has 3 heteroatoms. The summed E-state index contributed by atoms with van der Waals surface area (Å²) in [5.74, 6) is 0.876. The lowest BCUT2D eigenvalue weighted by atomic mass is 10.1. The van der Waals surface area contributed by atoms with Crippen LogP contribution in [0.3, 0.4) is 0 Å². The minimum Gasteiger partial charge on any atom is -0.494 e. The SMILES string of the molecule is CCCCOc1cccc(-c2ccc(CC#N)c(C)n2)c1. The average Bonchev–Trinajstić information content (AvgIpc) is 2.50. The standard InChI is InChI=1S/C18H20N2O/c1-3-4-12-21-17-7-5-6-16(13-17)18-9-8-15(10-11-19)14(2)20-18/h5-9,13H,3-4,10,12H2,1-2H3. The molecular formula is C18H20N2O. The number of nitriles is 1. The summed E-state index contributed by atoms with van der Waals surface area (Å²) in [4.78, 5) is 4.59. The van der Waals surface area contributed by atoms with Gasteiger partial charge < -0.3 is 4.74 Å². The third-order valence-electron chi connectivity index (χ3n) is 3.36. The topological polar surface area (TPSA) is 45.9 Å². The second-order valence-electron chi connectivity index (χ2n) is 5.01. The third kappa shape index (κ3) is 4.06. The molecule has 0 spiro atoms. The molecule has 0 fully saturated rings. The van der Waals surface area contributed by atoms with Crippen molar-refractivity contribution in [3.05, 3.63) is 47.7 Å². The van der Waals surface area contributed by atoms with Crippen molar-refractivity contribution in [2.45, 2.75) is 33.1 Å². The lowest BCUT2D eigenvalue weighted by molar-refractivity contribution is 0.309. The Morgan fingerprint density at radius 2 is 2.10 bits per heavy atom. The minimum absolute atomic E-state index is 0.402. The largest absolute Gasteiger partial charge is 0.494 e. The van der Waals surface area contributed by atoms with E-state index in [0.717, 1.165) is 47.7 Å². The normalized spacial score (nSPS) is 10.1. The molecule has 108 valence electrons. The molecule has 0 amide bonds. The van der Waals surface area contributed by atoms with Crippen LogP contribution in [0.15, 0.2) is 36.4 Å². The summed E-state index contributed by atoms with van der Waals surface area (Å²) in [6, 6.07) is 14.1. The highest BCUT2D eigenvalue weighted by molar-refractivity contribution is 5.61. The predicted molar refractivity (Wildman–Crippen MR) is 84.1 cm³/mol. The second-order valence-corrected chi connectivity index (χ2v) is 5.01. The van der Waals surface area contributed by atoms with E-state index in [1.165, 1.54) is 0 Å². The van der Waals surface area contributed by atoms with Crippen LogP contribution in [0.5, 0.6) is 5.75 Å². The molecule has 0 aliphatic carbocycles. The number of rotatable bonds is 6. The molecule has 1 aromatic heterocycles. The highest BCUT2D eigenvalue weighted by Gasteiger charge is 2.05. The Morgan fingerprint density at radius 1 is 1.24 bits per heavy atom. The van der Waals surface area contributed by atoms with Gasteiger partial charge in [-0.15, -0.1) is 0 Å². The van der Waals surface area contributed by atoms with Crippen molar-refractivity contribution < 1.29 is 4.74 Å². The first-order valence-corrected chi connectivity index (χ1v) is 7.31. The van der Waals surface area contributed by atoms with Crippen LogP contribution in [-0.2, 0) is 6.42 Å². The number of ether oxygens (including phenoxy) is 1. The molecular weight excluding hydrogens is 260 g/mol. The van der Waals surface area contributed by atoms with Crippen LogP contribution in [0.25, 0.3) is 11.3 Å². The molecule has 0 radical (unpaired) electrons. The Kier molecular flexibility index (Phi) is 5.34. The number of hydrogen-bond acceptors (Lipinski definition) is 3. The number of unbranched alkanes of at least 4 members (excludes halogenated alkanes) is 1. The second kappa shape index (κ2) is 7.44. The lowest BCUT2D eigenvalue weighted by Crippen LogP contribution is -1.97. The van der Waals surface area contributed by atoms with Gasteiger partial charge >= 0.3 is 0 Å². The molecule has 0 bridgehead atoms. The van der Waals surface area contributed by atoms with E-state index in [4.69, 9.17) is 10.00 Å². The van der Waals surface area contributed by atoms with Gasteiger partial charge in [0, 0.05) is 11.3 Å². The van der Waals surface area contributed by atoms with Crippen LogP contribution >= 0.6 is 0 Å². The van der Waals surface area contributed by atoms with E-state index < -0.39 is 0 Å². The molecule has 2 aromatic rings. The van der Waals surface area contributed by atoms with Crippen LogP contribution in [-0.4, -0.2) is 11.6 Å². The van der Waals surface area contributed by atoms with E-state index in [-0.39, 0.29) is 0 Å². The van der Waals surface area contributed by atoms with Crippen LogP contribution in [0.4, 0.5) is 0 Å². The molecule has 1 aromatic carbocycles. The zero-order valence-corrected chi connectivity index (χ0v) is 12.6. The Hall–Kier alpha value is -2.34. The molecule has 0 saturated carbocycles. The maximum absolute atomic E-state index is 8.78. The first kappa shape index (κ1) is 15.1. The van der Waals surface area contributed by atoms with Crippen molar-refractivity contribution in [1.82, 2.24) is 4.98 Å². The Morgan fingerprint density at radius 3 is 2.81 bits per heavy atom. The van der Waals surface area contributed by atoms with Gasteiger partial charge in [-0.2, -0.15) is 5.26 Å². The van der Waals surface area contributed by atoms with Gasteiger partial charge in [-0.1, -0.05) is 31.5 Å². The predicted octanol–water partition coefficient (Wildman–Crippen LogP) is 4.30. The van der Waals surface area contributed by atoms with Crippen molar-refractivity contribution in [2.75, 3.05) is 6.61 Å². The van der Waals surface area contributed by atoms with Gasteiger partial charge in [0.1, 0.15) is 5.75 Å². The van der Waals surface area contributed by atoms with Crippen LogP contribution in [0.1, 0.15) is 31.0 Å². The zero-order valence-electron chi connectivity index (χ0n) is 12.6. The Bertz CT molecular complexity index is 644. The minimum atomic E-state index is 0.402. The van der Waals surface area contributed by atoms with E-state index >= 15 is 0 Å². The van der Waals surface area contributed by atoms with Crippen molar-refractivity contribution in [2.24, 2.45) is 0 Å². The fraction of sp³-hybridized carbons (Fsp3) is 0.333. The first-order chi connectivity index (χ1) is 10.2. The van der Waals surface area contributed by atoms with Crippen LogP contribution in [0, 0.1) is 18.3 Å². The van der Waals surface area contributed by atoms with Gasteiger partial charge in [-0.3, -0.25) is 4.98 Å². The summed E-state index contributed by atoms with van der Waals surface area (Å²) < 4.78 is 5.73. The molecule has 2 rings (SSSR count). The van der Waals surface area contributed by atoms with E-state index in [1.807, 2.05) is 43.3 Å². The van der Waals surface area contributed by atoms with Crippen LogP contribution in [0.2, 0.25) is 0 Å². The number of hydrogen-bond donors (Lipinski definition) is 0. The van der Waals surface area contributed by atoms with Crippen molar-refractivity contribution in [3.63, 3.8) is 0 Å². The summed E-state index contributed by atoms with van der Waals surface area (Å²) in [6.45, 7) is 4.83. The number of pyridine rings is 1. The summed E-state index contributed by atoms with van der Waals surface area (Å²) in [7, 11) is 0. The molecule has 1 heterocycles. The number of benzene rings is 1. The van der Waals surface area contributed by atoms with E-state index in [2.05, 4.69) is 18.0 Å². The lowest BCUT2D eigenvalue weighted by Gasteiger charge is -2.09. The number of aryl methyl sites for hydroxylation is 1. The quantitative estimate of drug-likeness (QED) is 0.741. The van der Waals surface area contributed by atoms with Gasteiger partial charge in [0.2, 0.25) is 0 Å². The van der Waals surface area contributed by atoms with Crippen molar-refractivity contribution in [1.29, 1.82) is 5.26 Å². The monoisotopic (exact) mass is 280 g/mol. The van der Waals surface area contributed by atoms with E-state index in [1.54, 1.807) is 0 Å². The van der Waals surface area contributed by atoms with Gasteiger partial charge in [0.05, 0.1) is 24.8 Å². The summed E-state index contributed by atoms with van der Waals surface area (Å²) in [5, 5.41) is 8.78.